The Bertz CT molecular complexity index is 833. The number of rotatable bonds is 3. The maximum atomic E-state index is 11.3. The molecule has 1 fully saturated rings. The van der Waals surface area contributed by atoms with Gasteiger partial charge in [-0.15, -0.1) is 0 Å². The smallest absolute Gasteiger partial charge is 0.274 e. The van der Waals surface area contributed by atoms with Gasteiger partial charge in [-0.2, -0.15) is 0 Å². The molecule has 1 aliphatic rings. The average Bonchev–Trinajstić information content (AvgIpc) is 2.62. The minimum absolute atomic E-state index is 0.0803. The quantitative estimate of drug-likeness (QED) is 0.763. The molecule has 1 aromatic heterocycles. The molecule has 0 bridgehead atoms. The van der Waals surface area contributed by atoms with Gasteiger partial charge in [-0.3, -0.25) is 4.90 Å². The Morgan fingerprint density at radius 1 is 1.08 bits per heavy atom. The highest BCUT2D eigenvalue weighted by atomic mass is 32.2. The summed E-state index contributed by atoms with van der Waals surface area (Å²) < 4.78 is 22.6. The third kappa shape index (κ3) is 4.44. The highest BCUT2D eigenvalue weighted by Gasteiger charge is 2.24. The highest BCUT2D eigenvalue weighted by molar-refractivity contribution is 7.89. The van der Waals surface area contributed by atoms with Crippen molar-refractivity contribution in [2.45, 2.75) is 4.90 Å². The van der Waals surface area contributed by atoms with Crippen LogP contribution in [0, 0.1) is 0 Å². The van der Waals surface area contributed by atoms with Crippen molar-refractivity contribution in [3.63, 3.8) is 0 Å². The molecule has 2 heterocycles. The van der Waals surface area contributed by atoms with Crippen molar-refractivity contribution in [1.82, 2.24) is 4.90 Å². The van der Waals surface area contributed by atoms with Crippen LogP contribution in [0.15, 0.2) is 53.6 Å². The van der Waals surface area contributed by atoms with E-state index in [1.165, 1.54) is 12.1 Å². The summed E-state index contributed by atoms with van der Waals surface area (Å²) >= 11 is 5.46. The van der Waals surface area contributed by atoms with E-state index in [-0.39, 0.29) is 4.90 Å². The van der Waals surface area contributed by atoms with Crippen molar-refractivity contribution in [3.8, 4) is 0 Å². The molecule has 0 atom stereocenters. The fraction of sp³-hybridized carbons (Fsp3) is 0.250. The van der Waals surface area contributed by atoms with E-state index in [1.807, 2.05) is 18.3 Å². The van der Waals surface area contributed by atoms with Gasteiger partial charge in [0.15, 0.2) is 5.11 Å². The second-order valence-corrected chi connectivity index (χ2v) is 7.67. The normalized spacial score (nSPS) is 15.1. The van der Waals surface area contributed by atoms with Crippen LogP contribution in [0.1, 0.15) is 0 Å². The molecule has 7 nitrogen and oxygen atoms in total. The largest absolute Gasteiger partial charge is 0.341 e. The molecule has 9 heteroatoms. The molecule has 2 aromatic rings. The zero-order chi connectivity index (χ0) is 17.9. The summed E-state index contributed by atoms with van der Waals surface area (Å²) in [6.45, 7) is 3.35. The van der Waals surface area contributed by atoms with Gasteiger partial charge < -0.3 is 10.2 Å². The summed E-state index contributed by atoms with van der Waals surface area (Å²) in [5, 5.41) is 8.86. The fourth-order valence-corrected chi connectivity index (χ4v) is 3.48. The minimum atomic E-state index is -3.68. The predicted molar refractivity (Wildman–Crippen MR) is 101 cm³/mol. The lowest BCUT2D eigenvalue weighted by Crippen LogP contribution is -2.51. The zero-order valence-corrected chi connectivity index (χ0v) is 15.2. The molecule has 1 aliphatic heterocycles. The SMILES string of the molecule is NS(=O)(=O)c1ccc(NC(=S)N2CCN(c3cccc[nH+]3)CC2)cc1. The van der Waals surface area contributed by atoms with Crippen LogP contribution in [-0.2, 0) is 10.0 Å². The number of thiocarbonyl (C=S) groups is 1. The summed E-state index contributed by atoms with van der Waals surface area (Å²) in [4.78, 5) is 7.70. The minimum Gasteiger partial charge on any atom is -0.341 e. The Morgan fingerprint density at radius 3 is 2.32 bits per heavy atom. The van der Waals surface area contributed by atoms with Crippen LogP contribution in [-0.4, -0.2) is 44.6 Å². The topological polar surface area (TPSA) is 92.8 Å². The number of primary sulfonamides is 1. The van der Waals surface area contributed by atoms with Crippen molar-refractivity contribution in [2.24, 2.45) is 5.14 Å². The van der Waals surface area contributed by atoms with Crippen molar-refractivity contribution < 1.29 is 13.4 Å². The van der Waals surface area contributed by atoms with Gasteiger partial charge in [0.1, 0.15) is 13.1 Å². The van der Waals surface area contributed by atoms with Gasteiger partial charge in [-0.1, -0.05) is 6.07 Å². The van der Waals surface area contributed by atoms with Crippen LogP contribution in [0.4, 0.5) is 11.5 Å². The van der Waals surface area contributed by atoms with E-state index in [4.69, 9.17) is 17.4 Å². The second-order valence-electron chi connectivity index (χ2n) is 5.72. The first-order valence-electron chi connectivity index (χ1n) is 7.84. The summed E-state index contributed by atoms with van der Waals surface area (Å²) in [5.74, 6) is 1.10. The van der Waals surface area contributed by atoms with E-state index in [9.17, 15) is 8.42 Å². The number of H-pyrrole nitrogens is 1. The lowest BCUT2D eigenvalue weighted by atomic mass is 10.3. The number of aromatic amines is 1. The standard InChI is InChI=1S/C16H19N5O2S2/c17-25(22,23)14-6-4-13(5-7-14)19-16(24)21-11-9-20(10-12-21)15-3-1-2-8-18-15/h1-8H,9-12H2,(H,19,24)(H2,17,22,23)/p+1. The van der Waals surface area contributed by atoms with Crippen LogP contribution >= 0.6 is 12.2 Å². The molecule has 1 saturated heterocycles. The summed E-state index contributed by atoms with van der Waals surface area (Å²) in [6.07, 6.45) is 1.92. The summed E-state index contributed by atoms with van der Waals surface area (Å²) in [5.41, 5.74) is 0.733. The first-order valence-corrected chi connectivity index (χ1v) is 9.79. The molecule has 132 valence electrons. The number of nitrogens with two attached hydrogens (primary N) is 1. The van der Waals surface area contributed by atoms with Crippen LogP contribution in [0.5, 0.6) is 0 Å². The van der Waals surface area contributed by atoms with Gasteiger partial charge in [0.05, 0.1) is 24.2 Å². The van der Waals surface area contributed by atoms with Gasteiger partial charge >= 0.3 is 0 Å². The fourth-order valence-electron chi connectivity index (χ4n) is 2.66. The number of nitrogens with zero attached hydrogens (tertiary/aromatic N) is 2. The number of piperazine rings is 1. The molecule has 1 aromatic carbocycles. The molecular weight excluding hydrogens is 358 g/mol. The van der Waals surface area contributed by atoms with E-state index in [1.54, 1.807) is 12.1 Å². The molecule has 25 heavy (non-hydrogen) atoms. The van der Waals surface area contributed by atoms with Crippen LogP contribution in [0.25, 0.3) is 0 Å². The number of sulfonamides is 1. The van der Waals surface area contributed by atoms with E-state index in [0.29, 0.717) is 5.11 Å². The Morgan fingerprint density at radius 2 is 1.76 bits per heavy atom. The monoisotopic (exact) mass is 378 g/mol. The number of aromatic nitrogens is 1. The second kappa shape index (κ2) is 7.34. The zero-order valence-electron chi connectivity index (χ0n) is 13.6. The number of hydrogen-bond donors (Lipinski definition) is 2. The molecule has 0 aliphatic carbocycles. The number of nitrogens with one attached hydrogen (secondary N) is 2. The summed E-state index contributed by atoms with van der Waals surface area (Å²) in [7, 11) is -3.68. The molecular formula is C16H20N5O2S2+. The van der Waals surface area contributed by atoms with Gasteiger partial charge in [0, 0.05) is 11.8 Å². The van der Waals surface area contributed by atoms with Crippen molar-refractivity contribution in [2.75, 3.05) is 36.4 Å². The molecule has 0 radical (unpaired) electrons. The predicted octanol–water partition coefficient (Wildman–Crippen LogP) is 0.667. The van der Waals surface area contributed by atoms with E-state index in [2.05, 4.69) is 26.2 Å². The Balaban J connectivity index is 1.56. The summed E-state index contributed by atoms with van der Waals surface area (Å²) in [6, 6.07) is 12.3. The van der Waals surface area contributed by atoms with E-state index in [0.717, 1.165) is 37.7 Å². The molecule has 0 amide bonds. The number of benzene rings is 1. The first kappa shape index (κ1) is 17.6. The van der Waals surface area contributed by atoms with Crippen LogP contribution in [0.3, 0.4) is 0 Å². The number of pyridine rings is 1. The highest BCUT2D eigenvalue weighted by Crippen LogP contribution is 2.15. The maximum absolute atomic E-state index is 11.3. The molecule has 0 unspecified atom stereocenters. The first-order chi connectivity index (χ1) is 11.9. The van der Waals surface area contributed by atoms with Gasteiger partial charge in [-0.05, 0) is 42.5 Å². The average molecular weight is 379 g/mol. The Kier molecular flexibility index (Phi) is 5.16. The molecule has 4 N–H and O–H groups in total. The molecule has 0 spiro atoms. The maximum Gasteiger partial charge on any atom is 0.274 e. The van der Waals surface area contributed by atoms with Crippen molar-refractivity contribution in [1.29, 1.82) is 0 Å². The van der Waals surface area contributed by atoms with E-state index >= 15 is 0 Å². The molecule has 3 rings (SSSR count). The van der Waals surface area contributed by atoms with E-state index < -0.39 is 10.0 Å². The van der Waals surface area contributed by atoms with Crippen LogP contribution < -0.4 is 20.3 Å². The third-order valence-corrected chi connectivity index (χ3v) is 5.32. The van der Waals surface area contributed by atoms with Crippen LogP contribution in [0.2, 0.25) is 0 Å². The third-order valence-electron chi connectivity index (χ3n) is 4.03. The number of hydrogen-bond acceptors (Lipinski definition) is 4. The van der Waals surface area contributed by atoms with Crippen molar-refractivity contribution in [3.05, 3.63) is 48.7 Å². The van der Waals surface area contributed by atoms with Gasteiger partial charge in [0.2, 0.25) is 10.0 Å². The Hall–Kier alpha value is -2.23. The van der Waals surface area contributed by atoms with Gasteiger partial charge in [0.25, 0.3) is 5.82 Å². The van der Waals surface area contributed by atoms with Crippen molar-refractivity contribution >= 4 is 38.9 Å². The molecule has 0 saturated carbocycles. The lowest BCUT2D eigenvalue weighted by molar-refractivity contribution is -0.364. The number of anilines is 2. The lowest BCUT2D eigenvalue weighted by Gasteiger charge is -2.32. The van der Waals surface area contributed by atoms with Gasteiger partial charge in [-0.25, -0.2) is 18.5 Å². The Labute approximate surface area is 152 Å².